The van der Waals surface area contributed by atoms with Gasteiger partial charge in [0.15, 0.2) is 0 Å². The second-order valence-corrected chi connectivity index (χ2v) is 4.76. The number of hydrogen-bond donors (Lipinski definition) is 3. The van der Waals surface area contributed by atoms with Gasteiger partial charge in [0, 0.05) is 25.6 Å². The van der Waals surface area contributed by atoms with E-state index in [1.807, 2.05) is 13.0 Å². The fraction of sp³-hybridized carbons (Fsp3) is 0.692. The van der Waals surface area contributed by atoms with E-state index in [4.69, 9.17) is 10.6 Å². The Labute approximate surface area is 114 Å². The van der Waals surface area contributed by atoms with Crippen LogP contribution in [0.25, 0.3) is 0 Å². The fourth-order valence-electron chi connectivity index (χ4n) is 2.22. The molecule has 0 bridgehead atoms. The van der Waals surface area contributed by atoms with Crippen molar-refractivity contribution in [1.29, 1.82) is 0 Å². The number of hydrogen-bond acceptors (Lipinski definition) is 6. The minimum Gasteiger partial charge on any atom is -0.378 e. The van der Waals surface area contributed by atoms with Gasteiger partial charge in [-0.1, -0.05) is 6.92 Å². The third kappa shape index (κ3) is 4.33. The summed E-state index contributed by atoms with van der Waals surface area (Å²) < 4.78 is 5.70. The number of nitrogens with zero attached hydrogens (tertiary/aromatic N) is 2. The van der Waals surface area contributed by atoms with E-state index in [0.717, 1.165) is 37.6 Å². The zero-order valence-corrected chi connectivity index (χ0v) is 11.5. The molecule has 2 rings (SSSR count). The number of nitrogens with two attached hydrogens (primary N) is 1. The summed E-state index contributed by atoms with van der Waals surface area (Å²) in [6.07, 6.45) is 5.83. The molecule has 0 radical (unpaired) electrons. The van der Waals surface area contributed by atoms with E-state index in [-0.39, 0.29) is 0 Å². The third-order valence-corrected chi connectivity index (χ3v) is 3.28. The number of nitrogens with one attached hydrogen (secondary N) is 2. The third-order valence-electron chi connectivity index (χ3n) is 3.28. The molecule has 6 heteroatoms. The van der Waals surface area contributed by atoms with Crippen molar-refractivity contribution in [3.63, 3.8) is 0 Å². The zero-order valence-electron chi connectivity index (χ0n) is 11.5. The lowest BCUT2D eigenvalue weighted by Gasteiger charge is -2.22. The molecule has 2 heterocycles. The minimum atomic E-state index is 0.390. The van der Waals surface area contributed by atoms with Crippen molar-refractivity contribution in [3.8, 4) is 0 Å². The van der Waals surface area contributed by atoms with Gasteiger partial charge >= 0.3 is 0 Å². The average molecular weight is 265 g/mol. The molecular weight excluding hydrogens is 242 g/mol. The molecule has 106 valence electrons. The average Bonchev–Trinajstić information content (AvgIpc) is 2.48. The highest BCUT2D eigenvalue weighted by Gasteiger charge is 2.13. The van der Waals surface area contributed by atoms with Crippen LogP contribution in [-0.4, -0.2) is 29.2 Å². The van der Waals surface area contributed by atoms with Crippen LogP contribution in [0.15, 0.2) is 6.07 Å². The van der Waals surface area contributed by atoms with Crippen LogP contribution in [-0.2, 0) is 11.2 Å². The first-order chi connectivity index (χ1) is 9.31. The normalized spacial score (nSPS) is 19.2. The van der Waals surface area contributed by atoms with E-state index in [1.54, 1.807) is 0 Å². The van der Waals surface area contributed by atoms with E-state index >= 15 is 0 Å². The van der Waals surface area contributed by atoms with Crippen molar-refractivity contribution in [2.45, 2.75) is 45.1 Å². The highest BCUT2D eigenvalue weighted by molar-refractivity contribution is 5.46. The van der Waals surface area contributed by atoms with Crippen LogP contribution in [0.2, 0.25) is 0 Å². The van der Waals surface area contributed by atoms with E-state index in [0.29, 0.717) is 11.9 Å². The molecule has 1 aliphatic heterocycles. The smallest absolute Gasteiger partial charge is 0.145 e. The largest absolute Gasteiger partial charge is 0.378 e. The van der Waals surface area contributed by atoms with Gasteiger partial charge in [0.05, 0.1) is 6.10 Å². The molecule has 0 saturated carbocycles. The Kier molecular flexibility index (Phi) is 5.35. The van der Waals surface area contributed by atoms with Crippen molar-refractivity contribution in [1.82, 2.24) is 9.97 Å². The van der Waals surface area contributed by atoms with Crippen molar-refractivity contribution in [2.75, 3.05) is 23.9 Å². The molecular formula is C13H23N5O. The standard InChI is InChI=1S/C13H23N5O/c1-2-11-16-12(9-13(17-11)18-14)15-7-6-10-5-3-4-8-19-10/h9-10H,2-8,14H2,1H3,(H2,15,16,17,18). The lowest BCUT2D eigenvalue weighted by atomic mass is 10.1. The number of ether oxygens (including phenoxy) is 1. The first-order valence-corrected chi connectivity index (χ1v) is 7.02. The fourth-order valence-corrected chi connectivity index (χ4v) is 2.22. The van der Waals surface area contributed by atoms with Crippen molar-refractivity contribution >= 4 is 11.6 Å². The van der Waals surface area contributed by atoms with Crippen molar-refractivity contribution < 1.29 is 4.74 Å². The molecule has 6 nitrogen and oxygen atoms in total. The Morgan fingerprint density at radius 1 is 1.37 bits per heavy atom. The molecule has 0 aromatic carbocycles. The van der Waals surface area contributed by atoms with Crippen LogP contribution in [0.4, 0.5) is 11.6 Å². The molecule has 0 aliphatic carbocycles. The molecule has 1 aromatic rings. The molecule has 1 fully saturated rings. The first-order valence-electron chi connectivity index (χ1n) is 7.02. The highest BCUT2D eigenvalue weighted by atomic mass is 16.5. The Morgan fingerprint density at radius 2 is 2.21 bits per heavy atom. The van der Waals surface area contributed by atoms with Gasteiger partial charge in [0.25, 0.3) is 0 Å². The maximum atomic E-state index is 5.70. The van der Waals surface area contributed by atoms with Crippen LogP contribution in [0, 0.1) is 0 Å². The molecule has 1 atom stereocenters. The Balaban J connectivity index is 1.84. The van der Waals surface area contributed by atoms with Gasteiger partial charge in [-0.25, -0.2) is 15.8 Å². The number of hydrazine groups is 1. The van der Waals surface area contributed by atoms with Gasteiger partial charge < -0.3 is 15.5 Å². The van der Waals surface area contributed by atoms with Crippen molar-refractivity contribution in [3.05, 3.63) is 11.9 Å². The topological polar surface area (TPSA) is 85.1 Å². The predicted molar refractivity (Wildman–Crippen MR) is 75.9 cm³/mol. The van der Waals surface area contributed by atoms with E-state index in [1.165, 1.54) is 19.3 Å². The lowest BCUT2D eigenvalue weighted by molar-refractivity contribution is 0.0134. The summed E-state index contributed by atoms with van der Waals surface area (Å²) in [4.78, 5) is 8.68. The molecule has 0 amide bonds. The molecule has 1 aliphatic rings. The molecule has 19 heavy (non-hydrogen) atoms. The molecule has 1 unspecified atom stereocenters. The van der Waals surface area contributed by atoms with E-state index < -0.39 is 0 Å². The minimum absolute atomic E-state index is 0.390. The van der Waals surface area contributed by atoms with Crippen LogP contribution in [0.3, 0.4) is 0 Å². The van der Waals surface area contributed by atoms with Crippen molar-refractivity contribution in [2.24, 2.45) is 5.84 Å². The highest BCUT2D eigenvalue weighted by Crippen LogP contribution is 2.16. The summed E-state index contributed by atoms with van der Waals surface area (Å²) in [5, 5.41) is 3.31. The number of nitrogen functional groups attached to an aromatic ring is 1. The van der Waals surface area contributed by atoms with Gasteiger partial charge in [-0.3, -0.25) is 0 Å². The predicted octanol–water partition coefficient (Wildman–Crippen LogP) is 1.70. The first kappa shape index (κ1) is 14.0. The lowest BCUT2D eigenvalue weighted by Crippen LogP contribution is -2.22. The summed E-state index contributed by atoms with van der Waals surface area (Å²) in [5.74, 6) is 7.64. The number of aromatic nitrogens is 2. The second kappa shape index (κ2) is 7.25. The van der Waals surface area contributed by atoms with Gasteiger partial charge in [-0.05, 0) is 25.7 Å². The number of aryl methyl sites for hydroxylation is 1. The van der Waals surface area contributed by atoms with Gasteiger partial charge in [-0.2, -0.15) is 0 Å². The second-order valence-electron chi connectivity index (χ2n) is 4.76. The van der Waals surface area contributed by atoms with Crippen LogP contribution < -0.4 is 16.6 Å². The summed E-state index contributed by atoms with van der Waals surface area (Å²) in [6, 6.07) is 1.82. The maximum Gasteiger partial charge on any atom is 0.145 e. The summed E-state index contributed by atoms with van der Waals surface area (Å²) in [5.41, 5.74) is 2.57. The molecule has 1 aromatic heterocycles. The Hall–Kier alpha value is -1.40. The summed E-state index contributed by atoms with van der Waals surface area (Å²) in [6.45, 7) is 3.78. The van der Waals surface area contributed by atoms with Crippen LogP contribution >= 0.6 is 0 Å². The SMILES string of the molecule is CCc1nc(NN)cc(NCCC2CCCCO2)n1. The maximum absolute atomic E-state index is 5.70. The molecule has 0 spiro atoms. The van der Waals surface area contributed by atoms with E-state index in [9.17, 15) is 0 Å². The van der Waals surface area contributed by atoms with Gasteiger partial charge in [-0.15, -0.1) is 0 Å². The Morgan fingerprint density at radius 3 is 2.89 bits per heavy atom. The number of rotatable bonds is 6. The van der Waals surface area contributed by atoms with Crippen LogP contribution in [0.1, 0.15) is 38.4 Å². The molecule has 1 saturated heterocycles. The van der Waals surface area contributed by atoms with Crippen LogP contribution in [0.5, 0.6) is 0 Å². The Bertz CT molecular complexity index is 370. The van der Waals surface area contributed by atoms with Gasteiger partial charge in [0.2, 0.25) is 0 Å². The summed E-state index contributed by atoms with van der Waals surface area (Å²) >= 11 is 0. The van der Waals surface area contributed by atoms with Gasteiger partial charge in [0.1, 0.15) is 17.5 Å². The zero-order chi connectivity index (χ0) is 13.5. The van der Waals surface area contributed by atoms with E-state index in [2.05, 4.69) is 20.7 Å². The quantitative estimate of drug-likeness (QED) is 0.536. The number of anilines is 2. The molecule has 4 N–H and O–H groups in total. The summed E-state index contributed by atoms with van der Waals surface area (Å²) in [7, 11) is 0. The monoisotopic (exact) mass is 265 g/mol.